The first kappa shape index (κ1) is 16.8. The van der Waals surface area contributed by atoms with Gasteiger partial charge in [-0.15, -0.1) is 0 Å². The summed E-state index contributed by atoms with van der Waals surface area (Å²) in [5.74, 6) is -0.152. The molecule has 0 radical (unpaired) electrons. The topological polar surface area (TPSA) is 67.6 Å². The summed E-state index contributed by atoms with van der Waals surface area (Å²) in [6.07, 6.45) is 6.65. The number of hydrogen-bond donors (Lipinski definition) is 0. The third kappa shape index (κ3) is 3.24. The van der Waals surface area contributed by atoms with Gasteiger partial charge in [-0.3, -0.25) is 4.79 Å². The lowest BCUT2D eigenvalue weighted by Gasteiger charge is -2.29. The lowest BCUT2D eigenvalue weighted by Crippen LogP contribution is -2.44. The zero-order chi connectivity index (χ0) is 17.3. The number of benzene rings is 1. The Labute approximate surface area is 142 Å². The average Bonchev–Trinajstić information content (AvgIpc) is 3.24. The van der Waals surface area contributed by atoms with Gasteiger partial charge in [0.2, 0.25) is 0 Å². The van der Waals surface area contributed by atoms with E-state index >= 15 is 0 Å². The Morgan fingerprint density at radius 1 is 1.21 bits per heavy atom. The van der Waals surface area contributed by atoms with E-state index in [9.17, 15) is 13.2 Å². The highest BCUT2D eigenvalue weighted by Gasteiger charge is 2.38. The van der Waals surface area contributed by atoms with E-state index in [0.29, 0.717) is 12.0 Å². The van der Waals surface area contributed by atoms with Crippen molar-refractivity contribution in [2.75, 3.05) is 13.3 Å². The second-order valence-corrected chi connectivity index (χ2v) is 8.64. The van der Waals surface area contributed by atoms with Gasteiger partial charge in [-0.1, -0.05) is 12.1 Å². The van der Waals surface area contributed by atoms with Crippen molar-refractivity contribution in [2.24, 2.45) is 0 Å². The number of sulfone groups is 1. The van der Waals surface area contributed by atoms with Crippen LogP contribution in [0.4, 0.5) is 0 Å². The summed E-state index contributed by atoms with van der Waals surface area (Å²) in [5.41, 5.74) is 2.35. The minimum Gasteiger partial charge on any atom is -0.472 e. The van der Waals surface area contributed by atoms with Crippen LogP contribution in [0.5, 0.6) is 0 Å². The van der Waals surface area contributed by atoms with Crippen molar-refractivity contribution in [3.63, 3.8) is 0 Å². The largest absolute Gasteiger partial charge is 0.472 e. The fraction of sp³-hybridized carbons (Fsp3) is 0.389. The van der Waals surface area contributed by atoms with Gasteiger partial charge >= 0.3 is 0 Å². The van der Waals surface area contributed by atoms with Gasteiger partial charge in [-0.2, -0.15) is 0 Å². The normalized spacial score (nSPS) is 20.9. The van der Waals surface area contributed by atoms with E-state index < -0.39 is 15.1 Å². The van der Waals surface area contributed by atoms with Gasteiger partial charge in [0.15, 0.2) is 9.84 Å². The maximum absolute atomic E-state index is 12.8. The molecule has 0 spiro atoms. The molecule has 0 bridgehead atoms. The lowest BCUT2D eigenvalue weighted by atomic mass is 10.0. The smallest absolute Gasteiger partial charge is 0.253 e. The Balaban J connectivity index is 1.85. The Morgan fingerprint density at radius 2 is 2.00 bits per heavy atom. The van der Waals surface area contributed by atoms with E-state index in [1.807, 2.05) is 24.3 Å². The van der Waals surface area contributed by atoms with Crippen LogP contribution in [0.3, 0.4) is 0 Å². The van der Waals surface area contributed by atoms with Crippen molar-refractivity contribution in [3.8, 4) is 11.1 Å². The molecule has 2 aromatic rings. The molecule has 1 aliphatic rings. The molecule has 128 valence electrons. The van der Waals surface area contributed by atoms with Crippen LogP contribution in [-0.2, 0) is 9.84 Å². The van der Waals surface area contributed by atoms with Crippen LogP contribution in [0.1, 0.15) is 29.6 Å². The highest BCUT2D eigenvalue weighted by atomic mass is 32.2. The van der Waals surface area contributed by atoms with E-state index in [1.165, 1.54) is 6.26 Å². The van der Waals surface area contributed by atoms with Crippen LogP contribution in [0, 0.1) is 0 Å². The molecule has 2 atom stereocenters. The van der Waals surface area contributed by atoms with Crippen molar-refractivity contribution >= 4 is 15.7 Å². The molecule has 1 aromatic carbocycles. The number of furan rings is 1. The molecule has 6 heteroatoms. The molecule has 1 fully saturated rings. The van der Waals surface area contributed by atoms with Crippen LogP contribution < -0.4 is 0 Å². The zero-order valence-electron chi connectivity index (χ0n) is 13.8. The van der Waals surface area contributed by atoms with Gasteiger partial charge in [0.25, 0.3) is 5.91 Å². The first-order chi connectivity index (χ1) is 11.4. The van der Waals surface area contributed by atoms with Crippen molar-refractivity contribution in [1.82, 2.24) is 4.90 Å². The minimum absolute atomic E-state index is 0.152. The Hall–Kier alpha value is -2.08. The molecule has 3 rings (SSSR count). The Kier molecular flexibility index (Phi) is 4.49. The first-order valence-corrected chi connectivity index (χ1v) is 9.92. The Morgan fingerprint density at radius 3 is 2.67 bits per heavy atom. The molecule has 0 unspecified atom stereocenters. The van der Waals surface area contributed by atoms with Gasteiger partial charge in [0, 0.05) is 30.5 Å². The minimum atomic E-state index is -3.16. The molecule has 1 aliphatic carbocycles. The first-order valence-electron chi connectivity index (χ1n) is 7.96. The predicted molar refractivity (Wildman–Crippen MR) is 92.5 cm³/mol. The molecule has 0 saturated heterocycles. The summed E-state index contributed by atoms with van der Waals surface area (Å²) in [7, 11) is -1.47. The second kappa shape index (κ2) is 6.43. The summed E-state index contributed by atoms with van der Waals surface area (Å²) < 4.78 is 29.0. The SMILES string of the molecule is CN(C(=O)c1cccc(-c2ccoc2)c1)[C@H]1CCC[C@@H]1S(C)(=O)=O. The van der Waals surface area contributed by atoms with Gasteiger partial charge in [-0.25, -0.2) is 8.42 Å². The fourth-order valence-electron chi connectivity index (χ4n) is 3.46. The number of carbonyl (C=O) groups excluding carboxylic acids is 1. The van der Waals surface area contributed by atoms with Crippen molar-refractivity contribution in [1.29, 1.82) is 0 Å². The summed E-state index contributed by atoms with van der Waals surface area (Å²) in [6, 6.07) is 8.89. The number of nitrogens with zero attached hydrogens (tertiary/aromatic N) is 1. The molecular weight excluding hydrogens is 326 g/mol. The van der Waals surface area contributed by atoms with E-state index in [-0.39, 0.29) is 11.9 Å². The molecule has 1 amide bonds. The average molecular weight is 347 g/mol. The molecule has 1 heterocycles. The lowest BCUT2D eigenvalue weighted by molar-refractivity contribution is 0.0737. The number of amides is 1. The van der Waals surface area contributed by atoms with Crippen molar-refractivity contribution in [2.45, 2.75) is 30.6 Å². The third-order valence-electron chi connectivity index (χ3n) is 4.75. The molecule has 24 heavy (non-hydrogen) atoms. The fourth-order valence-corrected chi connectivity index (χ4v) is 4.95. The van der Waals surface area contributed by atoms with Crippen molar-refractivity contribution in [3.05, 3.63) is 48.4 Å². The van der Waals surface area contributed by atoms with Gasteiger partial charge in [-0.05, 0) is 43.0 Å². The van der Waals surface area contributed by atoms with E-state index in [2.05, 4.69) is 0 Å². The third-order valence-corrected chi connectivity index (χ3v) is 6.40. The maximum atomic E-state index is 12.8. The number of rotatable bonds is 4. The second-order valence-electron chi connectivity index (χ2n) is 6.38. The molecule has 0 N–H and O–H groups in total. The van der Waals surface area contributed by atoms with E-state index in [1.54, 1.807) is 30.5 Å². The maximum Gasteiger partial charge on any atom is 0.253 e. The van der Waals surface area contributed by atoms with E-state index in [0.717, 1.165) is 24.0 Å². The molecule has 1 aromatic heterocycles. The standard InChI is InChI=1S/C18H21NO4S/c1-19(16-7-4-8-17(16)24(2,21)22)18(20)14-6-3-5-13(11-14)15-9-10-23-12-15/h3,5-6,9-12,16-17H,4,7-8H2,1-2H3/t16-,17-/m0/s1. The summed E-state index contributed by atoms with van der Waals surface area (Å²) in [4.78, 5) is 14.4. The number of hydrogen-bond acceptors (Lipinski definition) is 4. The summed E-state index contributed by atoms with van der Waals surface area (Å²) >= 11 is 0. The number of carbonyl (C=O) groups is 1. The molecule has 1 saturated carbocycles. The Bertz CT molecular complexity index is 826. The van der Waals surface area contributed by atoms with Crippen LogP contribution in [0.2, 0.25) is 0 Å². The van der Waals surface area contributed by atoms with Gasteiger partial charge in [0.1, 0.15) is 0 Å². The highest BCUT2D eigenvalue weighted by molar-refractivity contribution is 7.91. The van der Waals surface area contributed by atoms with Crippen LogP contribution in [-0.4, -0.2) is 43.8 Å². The van der Waals surface area contributed by atoms with E-state index in [4.69, 9.17) is 4.42 Å². The predicted octanol–water partition coefficient (Wildman–Crippen LogP) is 2.98. The molecule has 0 aliphatic heterocycles. The highest BCUT2D eigenvalue weighted by Crippen LogP contribution is 2.30. The van der Waals surface area contributed by atoms with Gasteiger partial charge in [0.05, 0.1) is 17.8 Å². The molecule has 5 nitrogen and oxygen atoms in total. The molecular formula is C18H21NO4S. The summed E-state index contributed by atoms with van der Waals surface area (Å²) in [6.45, 7) is 0. The van der Waals surface area contributed by atoms with Crippen molar-refractivity contribution < 1.29 is 17.6 Å². The van der Waals surface area contributed by atoms with Crippen LogP contribution in [0.25, 0.3) is 11.1 Å². The summed E-state index contributed by atoms with van der Waals surface area (Å²) in [5, 5.41) is -0.469. The van der Waals surface area contributed by atoms with Crippen LogP contribution >= 0.6 is 0 Å². The van der Waals surface area contributed by atoms with Gasteiger partial charge < -0.3 is 9.32 Å². The zero-order valence-corrected chi connectivity index (χ0v) is 14.6. The van der Waals surface area contributed by atoms with Crippen LogP contribution in [0.15, 0.2) is 47.3 Å². The quantitative estimate of drug-likeness (QED) is 0.853. The monoisotopic (exact) mass is 347 g/mol.